The van der Waals surface area contributed by atoms with Crippen LogP contribution in [-0.4, -0.2) is 18.4 Å². The van der Waals surface area contributed by atoms with Crippen molar-refractivity contribution in [1.82, 2.24) is 5.32 Å². The second-order valence-corrected chi connectivity index (χ2v) is 6.14. The summed E-state index contributed by atoms with van der Waals surface area (Å²) < 4.78 is 5.85. The molecule has 1 unspecified atom stereocenters. The molecule has 3 rings (SSSR count). The number of nitrogens with zero attached hydrogens (tertiary/aromatic N) is 1. The van der Waals surface area contributed by atoms with E-state index >= 15 is 0 Å². The summed E-state index contributed by atoms with van der Waals surface area (Å²) in [5.74, 6) is 0. The number of ether oxygens (including phenoxy) is 1. The number of carbonyl (C=O) groups is 1. The van der Waals surface area contributed by atoms with Gasteiger partial charge >= 0.3 is 6.03 Å². The minimum absolute atomic E-state index is 0.379. The van der Waals surface area contributed by atoms with Crippen molar-refractivity contribution in [3.8, 4) is 0 Å². The van der Waals surface area contributed by atoms with Crippen LogP contribution < -0.4 is 16.0 Å². The summed E-state index contributed by atoms with van der Waals surface area (Å²) in [6.45, 7) is 0.473. The maximum Gasteiger partial charge on any atom is 0.322 e. The highest BCUT2D eigenvalue weighted by Crippen LogP contribution is 2.28. The Balaban J connectivity index is 1.74. The SMILES string of the molecule is NC(=O)N1c2cc[c]cc2COC1NC1CCCCCCC1. The van der Waals surface area contributed by atoms with E-state index < -0.39 is 12.4 Å². The highest BCUT2D eigenvalue weighted by atomic mass is 16.5. The number of urea groups is 1. The summed E-state index contributed by atoms with van der Waals surface area (Å²) in [6.07, 6.45) is 8.16. The predicted molar refractivity (Wildman–Crippen MR) is 85.2 cm³/mol. The van der Waals surface area contributed by atoms with E-state index in [1.165, 1.54) is 37.0 Å². The fourth-order valence-corrected chi connectivity index (χ4v) is 3.36. The van der Waals surface area contributed by atoms with Crippen molar-refractivity contribution in [3.05, 3.63) is 29.8 Å². The van der Waals surface area contributed by atoms with Crippen LogP contribution in [0.15, 0.2) is 18.2 Å². The van der Waals surface area contributed by atoms with Crippen LogP contribution >= 0.6 is 0 Å². The van der Waals surface area contributed by atoms with Crippen molar-refractivity contribution in [3.63, 3.8) is 0 Å². The molecule has 3 N–H and O–H groups in total. The van der Waals surface area contributed by atoms with Crippen LogP contribution in [0.5, 0.6) is 0 Å². The molecule has 2 aliphatic rings. The van der Waals surface area contributed by atoms with Gasteiger partial charge in [-0.3, -0.25) is 10.2 Å². The molecular weight excluding hydrogens is 278 g/mol. The van der Waals surface area contributed by atoms with Gasteiger partial charge in [0.2, 0.25) is 0 Å². The predicted octanol–water partition coefficient (Wildman–Crippen LogP) is 2.89. The van der Waals surface area contributed by atoms with Crippen LogP contribution in [-0.2, 0) is 11.3 Å². The molecule has 1 aliphatic carbocycles. The van der Waals surface area contributed by atoms with Crippen molar-refractivity contribution >= 4 is 11.7 Å². The highest BCUT2D eigenvalue weighted by molar-refractivity contribution is 5.92. The van der Waals surface area contributed by atoms with Crippen LogP contribution in [0.1, 0.15) is 50.5 Å². The van der Waals surface area contributed by atoms with E-state index in [1.54, 1.807) is 6.07 Å². The summed E-state index contributed by atoms with van der Waals surface area (Å²) >= 11 is 0. The normalized spacial score (nSPS) is 23.5. The van der Waals surface area contributed by atoms with Crippen LogP contribution in [0, 0.1) is 6.07 Å². The van der Waals surface area contributed by atoms with Gasteiger partial charge in [0.05, 0.1) is 12.3 Å². The number of nitrogens with two attached hydrogens (primary N) is 1. The van der Waals surface area contributed by atoms with Crippen LogP contribution in [0.2, 0.25) is 0 Å². The Morgan fingerprint density at radius 3 is 2.73 bits per heavy atom. The highest BCUT2D eigenvalue weighted by Gasteiger charge is 2.31. The summed E-state index contributed by atoms with van der Waals surface area (Å²) in [6, 6.07) is 8.41. The third-order valence-electron chi connectivity index (χ3n) is 4.54. The van der Waals surface area contributed by atoms with Crippen molar-refractivity contribution < 1.29 is 9.53 Å². The van der Waals surface area contributed by atoms with Gasteiger partial charge in [0.1, 0.15) is 0 Å². The van der Waals surface area contributed by atoms with E-state index in [4.69, 9.17) is 10.5 Å². The van der Waals surface area contributed by atoms with Gasteiger partial charge < -0.3 is 10.5 Å². The van der Waals surface area contributed by atoms with Crippen molar-refractivity contribution in [2.75, 3.05) is 4.90 Å². The number of carbonyl (C=O) groups excluding carboxylic acids is 1. The fraction of sp³-hybridized carbons (Fsp3) is 0.588. The molecule has 0 aromatic heterocycles. The Kier molecular flexibility index (Phi) is 4.95. The monoisotopic (exact) mass is 302 g/mol. The topological polar surface area (TPSA) is 67.6 Å². The van der Waals surface area contributed by atoms with E-state index in [-0.39, 0.29) is 0 Å². The molecule has 1 aromatic rings. The number of hydrogen-bond acceptors (Lipinski definition) is 3. The van der Waals surface area contributed by atoms with Gasteiger partial charge in [-0.2, -0.15) is 0 Å². The third-order valence-corrected chi connectivity index (χ3v) is 4.54. The van der Waals surface area contributed by atoms with Crippen molar-refractivity contribution in [2.45, 2.75) is 63.9 Å². The summed E-state index contributed by atoms with van der Waals surface area (Å²) in [4.78, 5) is 13.4. The number of benzene rings is 1. The lowest BCUT2D eigenvalue weighted by molar-refractivity contribution is 0.00223. The molecule has 5 nitrogen and oxygen atoms in total. The van der Waals surface area contributed by atoms with Crippen LogP contribution in [0.4, 0.5) is 10.5 Å². The standard InChI is InChI=1S/C17H24N3O2/c18-16(21)20-15-11-7-6-8-13(15)12-22-17(20)19-14-9-4-2-1-3-5-10-14/h7-8,11,14,17,19H,1-5,9-10,12H2,(H2,18,21). The van der Waals surface area contributed by atoms with Gasteiger partial charge in [-0.1, -0.05) is 38.2 Å². The molecule has 0 saturated heterocycles. The second-order valence-electron chi connectivity index (χ2n) is 6.14. The smallest absolute Gasteiger partial charge is 0.322 e. The number of fused-ring (bicyclic) bond motifs is 1. The summed E-state index contributed by atoms with van der Waals surface area (Å²) in [7, 11) is 0. The molecule has 1 aliphatic heterocycles. The van der Waals surface area contributed by atoms with E-state index in [9.17, 15) is 4.79 Å². The second kappa shape index (κ2) is 7.11. The van der Waals surface area contributed by atoms with Gasteiger partial charge in [-0.25, -0.2) is 4.79 Å². The number of primary amides is 1. The Morgan fingerprint density at radius 2 is 2.00 bits per heavy atom. The minimum atomic E-state index is -0.490. The van der Waals surface area contributed by atoms with Gasteiger partial charge in [0, 0.05) is 11.6 Å². The first-order valence-electron chi connectivity index (χ1n) is 8.21. The molecule has 0 bridgehead atoms. The average Bonchev–Trinajstić information content (AvgIpc) is 2.49. The van der Waals surface area contributed by atoms with Crippen molar-refractivity contribution in [2.24, 2.45) is 5.73 Å². The molecule has 0 spiro atoms. The fourth-order valence-electron chi connectivity index (χ4n) is 3.36. The molecular formula is C17H24N3O2. The Labute approximate surface area is 131 Å². The molecule has 5 heteroatoms. The molecule has 22 heavy (non-hydrogen) atoms. The molecule has 1 fully saturated rings. The average molecular weight is 302 g/mol. The number of anilines is 1. The summed E-state index contributed by atoms with van der Waals surface area (Å²) in [5.41, 5.74) is 7.35. The van der Waals surface area contributed by atoms with E-state index in [1.807, 2.05) is 12.1 Å². The van der Waals surface area contributed by atoms with Gasteiger partial charge in [0.15, 0.2) is 6.35 Å². The molecule has 1 saturated carbocycles. The zero-order valence-electron chi connectivity index (χ0n) is 12.9. The maximum absolute atomic E-state index is 11.9. The first-order chi connectivity index (χ1) is 10.8. The zero-order chi connectivity index (χ0) is 15.4. The van der Waals surface area contributed by atoms with Crippen LogP contribution in [0.25, 0.3) is 0 Å². The Bertz CT molecular complexity index is 512. The Hall–Kier alpha value is -1.59. The van der Waals surface area contributed by atoms with Crippen LogP contribution in [0.3, 0.4) is 0 Å². The molecule has 1 radical (unpaired) electrons. The number of rotatable bonds is 2. The lowest BCUT2D eigenvalue weighted by Gasteiger charge is -2.38. The van der Waals surface area contributed by atoms with Gasteiger partial charge in [-0.05, 0) is 31.0 Å². The largest absolute Gasteiger partial charge is 0.351 e. The van der Waals surface area contributed by atoms with E-state index in [0.717, 1.165) is 24.1 Å². The quantitative estimate of drug-likeness (QED) is 0.882. The van der Waals surface area contributed by atoms with E-state index in [0.29, 0.717) is 12.6 Å². The number of nitrogens with one attached hydrogen (secondary N) is 1. The zero-order valence-corrected chi connectivity index (χ0v) is 12.9. The first-order valence-corrected chi connectivity index (χ1v) is 8.21. The number of amides is 2. The maximum atomic E-state index is 11.9. The first kappa shape index (κ1) is 15.3. The lowest BCUT2D eigenvalue weighted by Crippen LogP contribution is -2.57. The minimum Gasteiger partial charge on any atom is -0.351 e. The molecule has 119 valence electrons. The lowest BCUT2D eigenvalue weighted by atomic mass is 9.97. The van der Waals surface area contributed by atoms with Gasteiger partial charge in [-0.15, -0.1) is 0 Å². The molecule has 1 atom stereocenters. The Morgan fingerprint density at radius 1 is 1.27 bits per heavy atom. The van der Waals surface area contributed by atoms with Gasteiger partial charge in [0.25, 0.3) is 0 Å². The molecule has 1 heterocycles. The van der Waals surface area contributed by atoms with Crippen molar-refractivity contribution in [1.29, 1.82) is 0 Å². The number of hydrogen-bond donors (Lipinski definition) is 2. The summed E-state index contributed by atoms with van der Waals surface area (Å²) in [5, 5.41) is 3.49. The van der Waals surface area contributed by atoms with E-state index in [2.05, 4.69) is 11.4 Å². The molecule has 2 amide bonds. The third kappa shape index (κ3) is 3.42. The molecule has 1 aromatic carbocycles.